The van der Waals surface area contributed by atoms with Crippen LogP contribution in [0.25, 0.3) is 0 Å². The molecule has 3 rings (SSSR count). The third kappa shape index (κ3) is 10.3. The summed E-state index contributed by atoms with van der Waals surface area (Å²) in [5, 5.41) is 8.82. The average Bonchev–Trinajstić information content (AvgIpc) is 3.62. The summed E-state index contributed by atoms with van der Waals surface area (Å²) in [4.78, 5) is 84.3. The molecule has 0 aromatic heterocycles. The molecule has 3 aliphatic heterocycles. The fraction of sp³-hybridized carbons (Fsp3) is 0.838. The van der Waals surface area contributed by atoms with E-state index in [0.29, 0.717) is 19.4 Å². The third-order valence-electron chi connectivity index (χ3n) is 10.4. The minimum absolute atomic E-state index is 0.00365. The van der Waals surface area contributed by atoms with Gasteiger partial charge in [-0.1, -0.05) is 95.4 Å². The Morgan fingerprint density at radius 2 is 1.52 bits per heavy atom. The first kappa shape index (κ1) is 41.4. The molecular weight excluding hydrogens is 640 g/mol. The van der Waals surface area contributed by atoms with Crippen molar-refractivity contribution in [1.82, 2.24) is 25.8 Å². The molecule has 50 heavy (non-hydrogen) atoms. The summed E-state index contributed by atoms with van der Waals surface area (Å²) in [7, 11) is 0. The van der Waals surface area contributed by atoms with E-state index in [1.165, 1.54) is 4.90 Å². The Bertz CT molecular complexity index is 1270. The van der Waals surface area contributed by atoms with Crippen molar-refractivity contribution in [2.24, 2.45) is 33.8 Å². The minimum atomic E-state index is -1.01. The second kappa shape index (κ2) is 16.1. The van der Waals surface area contributed by atoms with Crippen molar-refractivity contribution in [2.75, 3.05) is 13.1 Å². The number of nitrogens with one attached hydrogen (secondary N) is 3. The first-order chi connectivity index (χ1) is 23.0. The number of imide groups is 1. The van der Waals surface area contributed by atoms with Crippen LogP contribution in [0.3, 0.4) is 0 Å². The van der Waals surface area contributed by atoms with Crippen molar-refractivity contribution in [1.29, 1.82) is 0 Å². The number of nitrogens with zero attached hydrogens (tertiary/aromatic N) is 2. The van der Waals surface area contributed by atoms with Crippen LogP contribution >= 0.6 is 0 Å². The number of urea groups is 1. The minimum Gasteiger partial charge on any atom is -0.345 e. The standard InChI is InChI=1S/C37H64N6O7/c1-12-14-16-23(28(46)29-31(38)50-29)39-32(47)27-22(15-13-2)21(3)19-43(27)33(48)30(36(7,8)9)41-34(49)40-24(35(4,5)6)20-42-25(44)17-37(10,11)18-26(42)45/h21-24,27,29-31H,12-20,38H2,1-11H3,(H,39,47)(H2,40,41,49)/t21-,22-,23?,24+,27-,29?,30+,31?/m0/s1. The Morgan fingerprint density at radius 3 is 2.00 bits per heavy atom. The lowest BCUT2D eigenvalue weighted by Gasteiger charge is -2.40. The van der Waals surface area contributed by atoms with Crippen LogP contribution in [0.15, 0.2) is 0 Å². The van der Waals surface area contributed by atoms with E-state index in [4.69, 9.17) is 10.5 Å². The van der Waals surface area contributed by atoms with Crippen molar-refractivity contribution < 1.29 is 33.5 Å². The van der Waals surface area contributed by atoms with E-state index in [2.05, 4.69) is 16.0 Å². The van der Waals surface area contributed by atoms with Crippen LogP contribution in [-0.4, -0.2) is 94.8 Å². The summed E-state index contributed by atoms with van der Waals surface area (Å²) in [6, 6.07) is -3.84. The number of epoxide rings is 1. The molecule has 0 saturated carbocycles. The highest BCUT2D eigenvalue weighted by atomic mass is 16.6. The van der Waals surface area contributed by atoms with Crippen molar-refractivity contribution in [3.8, 4) is 0 Å². The molecule has 284 valence electrons. The van der Waals surface area contributed by atoms with E-state index in [1.807, 2.05) is 76.2 Å². The van der Waals surface area contributed by atoms with Crippen LogP contribution in [0.2, 0.25) is 0 Å². The normalized spacial score (nSPS) is 27.0. The number of hydrogen-bond acceptors (Lipinski definition) is 8. The lowest BCUT2D eigenvalue weighted by atomic mass is 9.80. The fourth-order valence-electron chi connectivity index (χ4n) is 7.22. The molecule has 3 unspecified atom stereocenters. The maximum absolute atomic E-state index is 14.5. The molecule has 13 nitrogen and oxygen atoms in total. The first-order valence-corrected chi connectivity index (χ1v) is 18.5. The van der Waals surface area contributed by atoms with Crippen LogP contribution in [0, 0.1) is 28.1 Å². The third-order valence-corrected chi connectivity index (χ3v) is 10.4. The number of unbranched alkanes of at least 4 members (excludes halogenated alkanes) is 1. The topological polar surface area (TPSA) is 184 Å². The molecule has 0 aromatic carbocycles. The summed E-state index contributed by atoms with van der Waals surface area (Å²) in [6.07, 6.45) is 2.57. The summed E-state index contributed by atoms with van der Waals surface area (Å²) < 4.78 is 5.23. The smallest absolute Gasteiger partial charge is 0.315 e. The van der Waals surface area contributed by atoms with E-state index >= 15 is 0 Å². The number of rotatable bonds is 14. The van der Waals surface area contributed by atoms with Gasteiger partial charge in [0.15, 0.2) is 11.9 Å². The summed E-state index contributed by atoms with van der Waals surface area (Å²) in [5.41, 5.74) is 4.08. The van der Waals surface area contributed by atoms with E-state index in [-0.39, 0.29) is 48.8 Å². The molecule has 8 atom stereocenters. The fourth-order valence-corrected chi connectivity index (χ4v) is 7.22. The van der Waals surface area contributed by atoms with Gasteiger partial charge in [-0.2, -0.15) is 0 Å². The Labute approximate surface area is 298 Å². The summed E-state index contributed by atoms with van der Waals surface area (Å²) in [6.45, 7) is 21.5. The number of ketones is 1. The Hall–Kier alpha value is -3.06. The SMILES string of the molecule is CCCCC(NC(=O)[C@@H]1[C@@H](CCC)[C@@H](C)CN1C(=O)[C@@H](NC(=O)N[C@H](CN1C(=O)CC(C)(C)CC1=O)C(C)(C)C)C(C)(C)C)C(=O)C1OC1N. The zero-order valence-corrected chi connectivity index (χ0v) is 32.3. The summed E-state index contributed by atoms with van der Waals surface area (Å²) >= 11 is 0. The van der Waals surface area contributed by atoms with Gasteiger partial charge in [-0.05, 0) is 40.9 Å². The largest absolute Gasteiger partial charge is 0.345 e. The monoisotopic (exact) mass is 704 g/mol. The van der Waals surface area contributed by atoms with Gasteiger partial charge >= 0.3 is 6.03 Å². The molecule has 0 aliphatic carbocycles. The van der Waals surface area contributed by atoms with Gasteiger partial charge in [-0.3, -0.25) is 28.9 Å². The number of likely N-dealkylation sites (tertiary alicyclic amines) is 2. The average molecular weight is 705 g/mol. The van der Waals surface area contributed by atoms with Crippen molar-refractivity contribution >= 4 is 35.4 Å². The molecule has 0 bridgehead atoms. The van der Waals surface area contributed by atoms with Gasteiger partial charge in [0.2, 0.25) is 23.6 Å². The molecule has 3 aliphatic rings. The molecule has 0 aromatic rings. The first-order valence-electron chi connectivity index (χ1n) is 18.5. The Morgan fingerprint density at radius 1 is 0.940 bits per heavy atom. The summed E-state index contributed by atoms with van der Waals surface area (Å²) in [5.74, 6) is -1.73. The van der Waals surface area contributed by atoms with Crippen LogP contribution in [0.5, 0.6) is 0 Å². The quantitative estimate of drug-likeness (QED) is 0.157. The van der Waals surface area contributed by atoms with Crippen molar-refractivity contribution in [3.05, 3.63) is 0 Å². The van der Waals surface area contributed by atoms with Gasteiger partial charge in [0.1, 0.15) is 18.3 Å². The van der Waals surface area contributed by atoms with Gasteiger partial charge in [0.05, 0.1) is 12.1 Å². The van der Waals surface area contributed by atoms with Crippen LogP contribution in [0.4, 0.5) is 4.79 Å². The lowest BCUT2D eigenvalue weighted by Crippen LogP contribution is -2.62. The molecule has 0 radical (unpaired) electrons. The van der Waals surface area contributed by atoms with Crippen LogP contribution in [0.1, 0.15) is 121 Å². The van der Waals surface area contributed by atoms with Crippen LogP contribution in [-0.2, 0) is 28.7 Å². The highest BCUT2D eigenvalue weighted by molar-refractivity contribution is 5.99. The van der Waals surface area contributed by atoms with Gasteiger partial charge in [-0.25, -0.2) is 4.79 Å². The number of carbonyl (C=O) groups is 6. The molecule has 5 N–H and O–H groups in total. The molecule has 13 heteroatoms. The maximum Gasteiger partial charge on any atom is 0.315 e. The number of nitrogens with two attached hydrogens (primary N) is 1. The predicted octanol–water partition coefficient (Wildman–Crippen LogP) is 3.48. The van der Waals surface area contributed by atoms with E-state index in [1.54, 1.807) is 4.90 Å². The van der Waals surface area contributed by atoms with Crippen molar-refractivity contribution in [3.63, 3.8) is 0 Å². The number of piperidine rings is 1. The second-order valence-corrected chi connectivity index (χ2v) is 17.7. The van der Waals surface area contributed by atoms with E-state index in [0.717, 1.165) is 19.3 Å². The molecular formula is C37H64N6O7. The van der Waals surface area contributed by atoms with Gasteiger partial charge < -0.3 is 31.3 Å². The maximum atomic E-state index is 14.5. The number of hydrogen-bond donors (Lipinski definition) is 4. The van der Waals surface area contributed by atoms with E-state index in [9.17, 15) is 28.8 Å². The van der Waals surface area contributed by atoms with Gasteiger partial charge in [0.25, 0.3) is 0 Å². The molecule has 3 heterocycles. The molecule has 6 amide bonds. The zero-order chi connectivity index (χ0) is 37.9. The second-order valence-electron chi connectivity index (χ2n) is 17.7. The lowest BCUT2D eigenvalue weighted by molar-refractivity contribution is -0.153. The number of amides is 6. The zero-order valence-electron chi connectivity index (χ0n) is 32.3. The highest BCUT2D eigenvalue weighted by Crippen LogP contribution is 2.36. The number of ether oxygens (including phenoxy) is 1. The van der Waals surface area contributed by atoms with Crippen LogP contribution < -0.4 is 21.7 Å². The highest BCUT2D eigenvalue weighted by Gasteiger charge is 2.51. The molecule has 3 fully saturated rings. The van der Waals surface area contributed by atoms with E-state index < -0.39 is 70.6 Å². The van der Waals surface area contributed by atoms with Gasteiger partial charge in [0, 0.05) is 25.9 Å². The predicted molar refractivity (Wildman–Crippen MR) is 190 cm³/mol. The van der Waals surface area contributed by atoms with Crippen molar-refractivity contribution in [2.45, 2.75) is 158 Å². The number of carbonyl (C=O) groups excluding carboxylic acids is 6. The molecule has 3 saturated heterocycles. The number of Topliss-reactive ketones (excluding diaryl/α,β-unsaturated/α-hetero) is 1. The molecule has 0 spiro atoms. The Balaban J connectivity index is 1.84. The van der Waals surface area contributed by atoms with Gasteiger partial charge in [-0.15, -0.1) is 0 Å². The Kier molecular flexibility index (Phi) is 13.3.